The fourth-order valence-electron chi connectivity index (χ4n) is 2.74. The van der Waals surface area contributed by atoms with Gasteiger partial charge in [0.15, 0.2) is 5.69 Å². The summed E-state index contributed by atoms with van der Waals surface area (Å²) >= 11 is 5.70. The fourth-order valence-corrected chi connectivity index (χ4v) is 3.90. The number of hydrogen-bond acceptors (Lipinski definition) is 2. The highest BCUT2D eigenvalue weighted by Crippen LogP contribution is 2.37. The smallest absolute Gasteiger partial charge is 0.157 e. The van der Waals surface area contributed by atoms with E-state index < -0.39 is 0 Å². The fraction of sp³-hybridized carbons (Fsp3) is 0.333. The van der Waals surface area contributed by atoms with Crippen molar-refractivity contribution in [3.8, 4) is 11.8 Å². The molecule has 1 fully saturated rings. The Morgan fingerprint density at radius 3 is 2.50 bits per heavy atom. The van der Waals surface area contributed by atoms with Gasteiger partial charge in [-0.05, 0) is 59.7 Å². The van der Waals surface area contributed by atoms with Crippen LogP contribution in [0.15, 0.2) is 28.7 Å². The number of nitrogens with zero attached hydrogens (tertiary/aromatic N) is 3. The van der Waals surface area contributed by atoms with E-state index >= 15 is 0 Å². The molecule has 1 aliphatic rings. The maximum absolute atomic E-state index is 9.45. The van der Waals surface area contributed by atoms with E-state index in [1.54, 1.807) is 4.68 Å². The largest absolute Gasteiger partial charge is 0.222 e. The third kappa shape index (κ3) is 2.51. The van der Waals surface area contributed by atoms with Crippen molar-refractivity contribution in [3.05, 3.63) is 43.7 Å². The SMILES string of the molecule is N#Cc1c(I)c(C2CCCC2)nn1-c1ccc(Br)cc1. The second-order valence-corrected chi connectivity index (χ2v) is 7.02. The van der Waals surface area contributed by atoms with Crippen molar-refractivity contribution in [1.29, 1.82) is 5.26 Å². The molecule has 0 amide bonds. The lowest BCUT2D eigenvalue weighted by Crippen LogP contribution is -2.01. The number of rotatable bonds is 2. The van der Waals surface area contributed by atoms with Crippen LogP contribution in [-0.2, 0) is 0 Å². The van der Waals surface area contributed by atoms with Gasteiger partial charge in [-0.1, -0.05) is 28.8 Å². The molecule has 1 aliphatic carbocycles. The van der Waals surface area contributed by atoms with Gasteiger partial charge in [-0.3, -0.25) is 0 Å². The van der Waals surface area contributed by atoms with E-state index in [4.69, 9.17) is 5.10 Å². The molecule has 1 aromatic carbocycles. The molecule has 0 atom stereocenters. The quantitative estimate of drug-likeness (QED) is 0.630. The van der Waals surface area contributed by atoms with Crippen molar-refractivity contribution >= 4 is 38.5 Å². The molecule has 1 aromatic heterocycles. The first kappa shape index (κ1) is 14.1. The Balaban J connectivity index is 2.09. The second-order valence-electron chi connectivity index (χ2n) is 5.03. The molecular formula is C15H13BrIN3. The molecule has 5 heteroatoms. The number of halogens is 2. The normalized spacial score (nSPS) is 15.4. The van der Waals surface area contributed by atoms with Crippen molar-refractivity contribution in [2.45, 2.75) is 31.6 Å². The third-order valence-corrected chi connectivity index (χ3v) is 5.36. The van der Waals surface area contributed by atoms with E-state index in [0.717, 1.165) is 19.4 Å². The Morgan fingerprint density at radius 2 is 1.90 bits per heavy atom. The van der Waals surface area contributed by atoms with E-state index in [0.29, 0.717) is 11.6 Å². The number of nitriles is 1. The number of aromatic nitrogens is 2. The molecule has 2 aromatic rings. The lowest BCUT2D eigenvalue weighted by atomic mass is 10.0. The maximum atomic E-state index is 9.45. The second kappa shape index (κ2) is 5.86. The summed E-state index contributed by atoms with van der Waals surface area (Å²) in [6.45, 7) is 0. The molecular weight excluding hydrogens is 429 g/mol. The van der Waals surface area contributed by atoms with Crippen molar-refractivity contribution in [2.24, 2.45) is 0 Å². The summed E-state index contributed by atoms with van der Waals surface area (Å²) < 4.78 is 3.82. The Morgan fingerprint density at radius 1 is 1.25 bits per heavy atom. The summed E-state index contributed by atoms with van der Waals surface area (Å²) in [5.41, 5.74) is 2.68. The summed E-state index contributed by atoms with van der Waals surface area (Å²) in [6, 6.07) is 10.2. The van der Waals surface area contributed by atoms with Gasteiger partial charge in [-0.25, -0.2) is 4.68 Å². The van der Waals surface area contributed by atoms with Crippen molar-refractivity contribution < 1.29 is 0 Å². The monoisotopic (exact) mass is 441 g/mol. The van der Waals surface area contributed by atoms with Gasteiger partial charge in [0.25, 0.3) is 0 Å². The number of benzene rings is 1. The minimum atomic E-state index is 0.519. The Labute approximate surface area is 140 Å². The van der Waals surface area contributed by atoms with Gasteiger partial charge in [0.1, 0.15) is 6.07 Å². The minimum absolute atomic E-state index is 0.519. The van der Waals surface area contributed by atoms with Crippen LogP contribution in [0, 0.1) is 14.9 Å². The van der Waals surface area contributed by atoms with Gasteiger partial charge < -0.3 is 0 Å². The maximum Gasteiger partial charge on any atom is 0.157 e. The van der Waals surface area contributed by atoms with Gasteiger partial charge in [0, 0.05) is 10.4 Å². The van der Waals surface area contributed by atoms with Gasteiger partial charge in [0.05, 0.1) is 15.0 Å². The van der Waals surface area contributed by atoms with Crippen LogP contribution in [0.25, 0.3) is 5.69 Å². The van der Waals surface area contributed by atoms with Crippen LogP contribution in [0.1, 0.15) is 43.0 Å². The first-order valence-electron chi connectivity index (χ1n) is 6.65. The summed E-state index contributed by atoms with van der Waals surface area (Å²) in [5.74, 6) is 0.519. The topological polar surface area (TPSA) is 41.6 Å². The van der Waals surface area contributed by atoms with Crippen molar-refractivity contribution in [2.75, 3.05) is 0 Å². The van der Waals surface area contributed by atoms with Crippen LogP contribution in [0.5, 0.6) is 0 Å². The van der Waals surface area contributed by atoms with Crippen molar-refractivity contribution in [1.82, 2.24) is 9.78 Å². The molecule has 1 saturated carbocycles. The highest BCUT2D eigenvalue weighted by Gasteiger charge is 2.26. The lowest BCUT2D eigenvalue weighted by Gasteiger charge is -2.05. The van der Waals surface area contributed by atoms with E-state index in [2.05, 4.69) is 44.6 Å². The molecule has 0 bridgehead atoms. The first-order valence-corrected chi connectivity index (χ1v) is 8.52. The van der Waals surface area contributed by atoms with Gasteiger partial charge in [-0.2, -0.15) is 10.4 Å². The minimum Gasteiger partial charge on any atom is -0.222 e. The third-order valence-electron chi connectivity index (χ3n) is 3.77. The van der Waals surface area contributed by atoms with Crippen LogP contribution < -0.4 is 0 Å². The molecule has 1 heterocycles. The molecule has 0 N–H and O–H groups in total. The summed E-state index contributed by atoms with van der Waals surface area (Å²) in [4.78, 5) is 0. The van der Waals surface area contributed by atoms with Crippen LogP contribution in [0.2, 0.25) is 0 Å². The zero-order valence-corrected chi connectivity index (χ0v) is 14.6. The Kier molecular flexibility index (Phi) is 4.13. The molecule has 102 valence electrons. The highest BCUT2D eigenvalue weighted by molar-refractivity contribution is 14.1. The van der Waals surface area contributed by atoms with E-state index in [9.17, 15) is 5.26 Å². The van der Waals surface area contributed by atoms with Crippen LogP contribution in [0.4, 0.5) is 0 Å². The number of hydrogen-bond donors (Lipinski definition) is 0. The van der Waals surface area contributed by atoms with Crippen LogP contribution in [-0.4, -0.2) is 9.78 Å². The van der Waals surface area contributed by atoms with Gasteiger partial charge >= 0.3 is 0 Å². The summed E-state index contributed by atoms with van der Waals surface area (Å²) in [7, 11) is 0. The van der Waals surface area contributed by atoms with Crippen LogP contribution in [0.3, 0.4) is 0 Å². The lowest BCUT2D eigenvalue weighted by molar-refractivity contribution is 0.675. The molecule has 0 spiro atoms. The average Bonchev–Trinajstić information content (AvgIpc) is 3.07. The molecule has 3 nitrogen and oxygen atoms in total. The standard InChI is InChI=1S/C15H13BrIN3/c16-11-5-7-12(8-6-11)20-13(9-18)14(17)15(19-20)10-3-1-2-4-10/h5-8,10H,1-4H2. The average molecular weight is 442 g/mol. The predicted octanol–water partition coefficient (Wildman–Crippen LogP) is 4.77. The molecule has 3 rings (SSSR count). The molecule has 0 saturated heterocycles. The molecule has 0 aliphatic heterocycles. The van der Waals surface area contributed by atoms with E-state index in [-0.39, 0.29) is 0 Å². The highest BCUT2D eigenvalue weighted by atomic mass is 127. The van der Waals surface area contributed by atoms with Gasteiger partial charge in [0.2, 0.25) is 0 Å². The first-order chi connectivity index (χ1) is 9.70. The molecule has 0 unspecified atom stereocenters. The Hall–Kier alpha value is -0.870. The summed E-state index contributed by atoms with van der Waals surface area (Å²) in [5, 5.41) is 14.2. The molecule has 20 heavy (non-hydrogen) atoms. The van der Waals surface area contributed by atoms with E-state index in [1.165, 1.54) is 25.7 Å². The van der Waals surface area contributed by atoms with Crippen molar-refractivity contribution in [3.63, 3.8) is 0 Å². The molecule has 0 radical (unpaired) electrons. The van der Waals surface area contributed by atoms with Gasteiger partial charge in [-0.15, -0.1) is 0 Å². The zero-order valence-electron chi connectivity index (χ0n) is 10.8. The zero-order chi connectivity index (χ0) is 14.1. The Bertz CT molecular complexity index is 664. The summed E-state index contributed by atoms with van der Waals surface area (Å²) in [6.07, 6.45) is 4.93. The predicted molar refractivity (Wildman–Crippen MR) is 89.9 cm³/mol. The van der Waals surface area contributed by atoms with E-state index in [1.807, 2.05) is 24.3 Å². The van der Waals surface area contributed by atoms with Crippen LogP contribution >= 0.6 is 38.5 Å².